The number of nitrogens with one attached hydrogen (secondary N) is 2. The van der Waals surface area contributed by atoms with E-state index >= 15 is 0 Å². The van der Waals surface area contributed by atoms with Crippen LogP contribution in [0.1, 0.15) is 5.56 Å². The van der Waals surface area contributed by atoms with Crippen LogP contribution in [0.4, 0.5) is 23.1 Å². The summed E-state index contributed by atoms with van der Waals surface area (Å²) in [6, 6.07) is 15.5. The lowest BCUT2D eigenvalue weighted by molar-refractivity contribution is 0.355. The first kappa shape index (κ1) is 18.5. The minimum Gasteiger partial charge on any atom is -0.493 e. The molecule has 0 saturated carbocycles. The molecule has 4 rings (SSSR count). The third kappa shape index (κ3) is 4.03. The first-order chi connectivity index (χ1) is 14.2. The van der Waals surface area contributed by atoms with E-state index in [1.807, 2.05) is 55.5 Å². The molecule has 0 bridgehead atoms. The first-order valence-electron chi connectivity index (χ1n) is 9.11. The lowest BCUT2D eigenvalue weighted by Gasteiger charge is -2.14. The van der Waals surface area contributed by atoms with Crippen molar-refractivity contribution in [3.63, 3.8) is 0 Å². The van der Waals surface area contributed by atoms with Crippen LogP contribution < -0.4 is 20.1 Å². The van der Waals surface area contributed by atoms with E-state index in [2.05, 4.69) is 25.6 Å². The van der Waals surface area contributed by atoms with Gasteiger partial charge in [0, 0.05) is 35.2 Å². The molecular formula is C22H21N5O2. The van der Waals surface area contributed by atoms with E-state index in [0.29, 0.717) is 23.3 Å². The van der Waals surface area contributed by atoms with Gasteiger partial charge in [0.2, 0.25) is 5.95 Å². The second-order valence-corrected chi connectivity index (χ2v) is 6.45. The van der Waals surface area contributed by atoms with E-state index in [-0.39, 0.29) is 0 Å². The molecule has 7 nitrogen and oxygen atoms in total. The number of fused-ring (bicyclic) bond motifs is 1. The Morgan fingerprint density at radius 2 is 1.66 bits per heavy atom. The van der Waals surface area contributed by atoms with E-state index in [9.17, 15) is 0 Å². The Morgan fingerprint density at radius 1 is 0.828 bits per heavy atom. The Hall–Kier alpha value is -3.87. The molecule has 0 aliphatic heterocycles. The highest BCUT2D eigenvalue weighted by molar-refractivity contribution is 5.83. The van der Waals surface area contributed by atoms with Crippen molar-refractivity contribution in [2.75, 3.05) is 24.9 Å². The van der Waals surface area contributed by atoms with Crippen LogP contribution in [-0.2, 0) is 0 Å². The summed E-state index contributed by atoms with van der Waals surface area (Å²) in [5.41, 5.74) is 3.72. The van der Waals surface area contributed by atoms with Gasteiger partial charge in [-0.25, -0.2) is 4.98 Å². The van der Waals surface area contributed by atoms with Crippen molar-refractivity contribution in [1.29, 1.82) is 0 Å². The van der Waals surface area contributed by atoms with Crippen LogP contribution in [0.15, 0.2) is 60.9 Å². The molecule has 2 heterocycles. The molecule has 0 unspecified atom stereocenters. The highest BCUT2D eigenvalue weighted by atomic mass is 16.5. The summed E-state index contributed by atoms with van der Waals surface area (Å²) in [4.78, 5) is 13.2. The van der Waals surface area contributed by atoms with Crippen LogP contribution in [0.25, 0.3) is 10.9 Å². The number of pyridine rings is 1. The van der Waals surface area contributed by atoms with Crippen molar-refractivity contribution in [2.24, 2.45) is 0 Å². The van der Waals surface area contributed by atoms with E-state index in [4.69, 9.17) is 9.47 Å². The van der Waals surface area contributed by atoms with Gasteiger partial charge in [0.15, 0.2) is 11.5 Å². The number of anilines is 4. The van der Waals surface area contributed by atoms with Crippen molar-refractivity contribution >= 4 is 34.0 Å². The number of aryl methyl sites for hydroxylation is 1. The second-order valence-electron chi connectivity index (χ2n) is 6.45. The molecule has 0 radical (unpaired) electrons. The van der Waals surface area contributed by atoms with E-state index in [1.165, 1.54) is 0 Å². The number of hydrogen-bond donors (Lipinski definition) is 2. The fraction of sp³-hybridized carbons (Fsp3) is 0.136. The summed E-state index contributed by atoms with van der Waals surface area (Å²) in [6.45, 7) is 1.98. The minimum absolute atomic E-state index is 0.479. The summed E-state index contributed by atoms with van der Waals surface area (Å²) in [5, 5.41) is 7.62. The SMILES string of the molecule is COc1cc(C)c(Nc2nccc(Nc3ccc4ncccc4c3)n2)cc1OC. The maximum Gasteiger partial charge on any atom is 0.229 e. The smallest absolute Gasteiger partial charge is 0.229 e. The van der Waals surface area contributed by atoms with E-state index in [0.717, 1.165) is 27.8 Å². The number of benzene rings is 2. The van der Waals surface area contributed by atoms with Crippen LogP contribution in [0, 0.1) is 6.92 Å². The lowest BCUT2D eigenvalue weighted by atomic mass is 10.1. The number of hydrogen-bond acceptors (Lipinski definition) is 7. The molecule has 2 aromatic carbocycles. The van der Waals surface area contributed by atoms with E-state index in [1.54, 1.807) is 26.6 Å². The standard InChI is InChI=1S/C22H21N5O2/c1-14-11-19(28-2)20(29-3)13-18(14)26-22-24-10-8-21(27-22)25-16-6-7-17-15(12-16)5-4-9-23-17/h4-13H,1-3H3,(H2,24,25,26,27). The molecule has 0 amide bonds. The van der Waals surface area contributed by atoms with E-state index < -0.39 is 0 Å². The Bertz CT molecular complexity index is 1160. The van der Waals surface area contributed by atoms with Crippen molar-refractivity contribution in [3.8, 4) is 11.5 Å². The van der Waals surface area contributed by atoms with Crippen LogP contribution in [0.3, 0.4) is 0 Å². The van der Waals surface area contributed by atoms with Crippen LogP contribution >= 0.6 is 0 Å². The van der Waals surface area contributed by atoms with Crippen molar-refractivity contribution < 1.29 is 9.47 Å². The molecule has 4 aromatic rings. The molecule has 7 heteroatoms. The molecule has 0 aliphatic rings. The summed E-state index contributed by atoms with van der Waals surface area (Å²) in [7, 11) is 3.22. The molecule has 0 spiro atoms. The van der Waals surface area contributed by atoms with Gasteiger partial charge in [0.1, 0.15) is 5.82 Å². The topological polar surface area (TPSA) is 81.2 Å². The van der Waals surface area contributed by atoms with Crippen molar-refractivity contribution in [3.05, 3.63) is 66.5 Å². The first-order valence-corrected chi connectivity index (χ1v) is 9.11. The summed E-state index contributed by atoms with van der Waals surface area (Å²) in [5.74, 6) is 2.48. The molecule has 2 aromatic heterocycles. The number of ether oxygens (including phenoxy) is 2. The third-order valence-corrected chi connectivity index (χ3v) is 4.51. The van der Waals surface area contributed by atoms with Crippen molar-refractivity contribution in [1.82, 2.24) is 15.0 Å². The summed E-state index contributed by atoms with van der Waals surface area (Å²) < 4.78 is 10.7. The Morgan fingerprint density at radius 3 is 2.48 bits per heavy atom. The Labute approximate surface area is 168 Å². The van der Waals surface area contributed by atoms with Gasteiger partial charge < -0.3 is 20.1 Å². The zero-order chi connectivity index (χ0) is 20.2. The van der Waals surface area contributed by atoms with Crippen LogP contribution in [0.2, 0.25) is 0 Å². The summed E-state index contributed by atoms with van der Waals surface area (Å²) in [6.07, 6.45) is 3.49. The van der Waals surface area contributed by atoms with Gasteiger partial charge in [-0.3, -0.25) is 4.98 Å². The van der Waals surface area contributed by atoms with Gasteiger partial charge in [-0.1, -0.05) is 6.07 Å². The maximum atomic E-state index is 5.38. The van der Waals surface area contributed by atoms with Gasteiger partial charge in [-0.2, -0.15) is 4.98 Å². The van der Waals surface area contributed by atoms with Gasteiger partial charge in [0.25, 0.3) is 0 Å². The number of methoxy groups -OCH3 is 2. The summed E-state index contributed by atoms with van der Waals surface area (Å²) >= 11 is 0. The molecule has 0 fully saturated rings. The lowest BCUT2D eigenvalue weighted by Crippen LogP contribution is -2.02. The van der Waals surface area contributed by atoms with Gasteiger partial charge in [-0.05, 0) is 48.9 Å². The normalized spacial score (nSPS) is 10.6. The fourth-order valence-corrected chi connectivity index (χ4v) is 3.03. The van der Waals surface area contributed by atoms with Crippen LogP contribution in [-0.4, -0.2) is 29.2 Å². The zero-order valence-corrected chi connectivity index (χ0v) is 16.4. The predicted molar refractivity (Wildman–Crippen MR) is 115 cm³/mol. The van der Waals surface area contributed by atoms with Gasteiger partial charge >= 0.3 is 0 Å². The minimum atomic E-state index is 0.479. The zero-order valence-electron chi connectivity index (χ0n) is 16.4. The molecule has 146 valence electrons. The highest BCUT2D eigenvalue weighted by Crippen LogP contribution is 2.34. The number of nitrogens with zero attached hydrogens (tertiary/aromatic N) is 3. The Balaban J connectivity index is 1.57. The molecule has 0 atom stereocenters. The van der Waals surface area contributed by atoms with Crippen LogP contribution in [0.5, 0.6) is 11.5 Å². The number of rotatable bonds is 6. The molecule has 2 N–H and O–H groups in total. The molecule has 0 saturated heterocycles. The average molecular weight is 387 g/mol. The quantitative estimate of drug-likeness (QED) is 0.490. The fourth-order valence-electron chi connectivity index (χ4n) is 3.03. The monoisotopic (exact) mass is 387 g/mol. The predicted octanol–water partition coefficient (Wildman–Crippen LogP) is 4.84. The largest absolute Gasteiger partial charge is 0.493 e. The van der Waals surface area contributed by atoms with Crippen molar-refractivity contribution in [2.45, 2.75) is 6.92 Å². The second kappa shape index (κ2) is 8.02. The highest BCUT2D eigenvalue weighted by Gasteiger charge is 2.10. The Kier molecular flexibility index (Phi) is 5.11. The average Bonchev–Trinajstić information content (AvgIpc) is 2.75. The molecule has 0 aliphatic carbocycles. The number of aromatic nitrogens is 3. The maximum absolute atomic E-state index is 5.38. The molecule has 29 heavy (non-hydrogen) atoms. The molecular weight excluding hydrogens is 366 g/mol. The van der Waals surface area contributed by atoms with Gasteiger partial charge in [0.05, 0.1) is 19.7 Å². The van der Waals surface area contributed by atoms with Gasteiger partial charge in [-0.15, -0.1) is 0 Å². The third-order valence-electron chi connectivity index (χ3n) is 4.51.